The number of aromatic nitrogens is 2. The van der Waals surface area contributed by atoms with Crippen LogP contribution in [0.2, 0.25) is 0 Å². The van der Waals surface area contributed by atoms with Crippen molar-refractivity contribution >= 4 is 5.52 Å². The Morgan fingerprint density at radius 2 is 2.13 bits per heavy atom. The zero-order valence-corrected chi connectivity index (χ0v) is 9.45. The highest BCUT2D eigenvalue weighted by atomic mass is 16.5. The van der Waals surface area contributed by atoms with E-state index in [0.29, 0.717) is 0 Å². The SMILES string of the molecule is CCCc1cc2cc(C)cc(OC)n2n1. The van der Waals surface area contributed by atoms with Gasteiger partial charge in [-0.2, -0.15) is 5.10 Å². The van der Waals surface area contributed by atoms with Crippen molar-refractivity contribution in [1.29, 1.82) is 0 Å². The van der Waals surface area contributed by atoms with Gasteiger partial charge in [-0.05, 0) is 31.0 Å². The van der Waals surface area contributed by atoms with Crippen molar-refractivity contribution in [2.75, 3.05) is 7.11 Å². The van der Waals surface area contributed by atoms with Crippen LogP contribution in [0.1, 0.15) is 24.6 Å². The van der Waals surface area contributed by atoms with E-state index in [4.69, 9.17) is 4.74 Å². The number of rotatable bonds is 3. The van der Waals surface area contributed by atoms with Gasteiger partial charge in [-0.25, -0.2) is 4.52 Å². The fourth-order valence-electron chi connectivity index (χ4n) is 1.78. The third kappa shape index (κ3) is 1.82. The molecule has 3 heteroatoms. The molecule has 0 aliphatic carbocycles. The maximum atomic E-state index is 5.30. The minimum Gasteiger partial charge on any atom is -0.481 e. The number of hydrogen-bond donors (Lipinski definition) is 0. The van der Waals surface area contributed by atoms with Crippen molar-refractivity contribution in [3.63, 3.8) is 0 Å². The van der Waals surface area contributed by atoms with Gasteiger partial charge in [0, 0.05) is 6.07 Å². The molecule has 3 nitrogen and oxygen atoms in total. The van der Waals surface area contributed by atoms with E-state index in [2.05, 4.69) is 31.1 Å². The average Bonchev–Trinajstić information content (AvgIpc) is 2.59. The molecule has 0 aliphatic rings. The van der Waals surface area contributed by atoms with Crippen LogP contribution in [-0.2, 0) is 6.42 Å². The molecule has 0 spiro atoms. The first-order chi connectivity index (χ1) is 7.24. The number of hydrogen-bond acceptors (Lipinski definition) is 2. The van der Waals surface area contributed by atoms with E-state index in [-0.39, 0.29) is 0 Å². The van der Waals surface area contributed by atoms with Crippen molar-refractivity contribution in [2.45, 2.75) is 26.7 Å². The van der Waals surface area contributed by atoms with E-state index in [0.717, 1.165) is 29.9 Å². The minimum absolute atomic E-state index is 0.798. The normalized spacial score (nSPS) is 10.9. The van der Waals surface area contributed by atoms with Crippen LogP contribution in [0.4, 0.5) is 0 Å². The van der Waals surface area contributed by atoms with Crippen molar-refractivity contribution in [3.05, 3.63) is 29.5 Å². The molecule has 0 fully saturated rings. The summed E-state index contributed by atoms with van der Waals surface area (Å²) in [5.41, 5.74) is 3.43. The van der Waals surface area contributed by atoms with Gasteiger partial charge in [-0.3, -0.25) is 0 Å². The van der Waals surface area contributed by atoms with Crippen molar-refractivity contribution in [2.24, 2.45) is 0 Å². The Balaban J connectivity index is 2.58. The summed E-state index contributed by atoms with van der Waals surface area (Å²) in [6.07, 6.45) is 2.13. The van der Waals surface area contributed by atoms with Crippen LogP contribution < -0.4 is 4.74 Å². The van der Waals surface area contributed by atoms with Crippen LogP contribution in [0.5, 0.6) is 5.88 Å². The van der Waals surface area contributed by atoms with Gasteiger partial charge in [-0.1, -0.05) is 13.3 Å². The molecule has 15 heavy (non-hydrogen) atoms. The molecule has 0 saturated heterocycles. The smallest absolute Gasteiger partial charge is 0.214 e. The minimum atomic E-state index is 0.798. The second kappa shape index (κ2) is 3.93. The highest BCUT2D eigenvalue weighted by molar-refractivity contribution is 5.52. The van der Waals surface area contributed by atoms with Crippen LogP contribution in [0, 0.1) is 6.92 Å². The van der Waals surface area contributed by atoms with Gasteiger partial charge in [-0.15, -0.1) is 0 Å². The molecule has 0 unspecified atom stereocenters. The lowest BCUT2D eigenvalue weighted by Gasteiger charge is -2.03. The molecule has 80 valence electrons. The lowest BCUT2D eigenvalue weighted by Crippen LogP contribution is -1.96. The molecule has 2 aromatic rings. The lowest BCUT2D eigenvalue weighted by molar-refractivity contribution is 0.385. The Morgan fingerprint density at radius 3 is 2.80 bits per heavy atom. The molecular formula is C12H16N2O. The quantitative estimate of drug-likeness (QED) is 0.768. The summed E-state index contributed by atoms with van der Waals surface area (Å²) in [5.74, 6) is 0.798. The first-order valence-electron chi connectivity index (χ1n) is 5.28. The van der Waals surface area contributed by atoms with Gasteiger partial charge in [0.15, 0.2) is 0 Å². The van der Waals surface area contributed by atoms with Crippen LogP contribution in [-0.4, -0.2) is 16.7 Å². The molecule has 2 heterocycles. The highest BCUT2D eigenvalue weighted by Crippen LogP contribution is 2.18. The standard InChI is InChI=1S/C12H16N2O/c1-4-5-10-8-11-6-9(2)7-12(15-3)14(11)13-10/h6-8H,4-5H2,1-3H3. The van der Waals surface area contributed by atoms with E-state index in [1.807, 2.05) is 10.6 Å². The molecule has 0 atom stereocenters. The number of methoxy groups -OCH3 is 1. The molecule has 0 amide bonds. The third-order valence-electron chi connectivity index (χ3n) is 2.44. The summed E-state index contributed by atoms with van der Waals surface area (Å²) in [6, 6.07) is 6.24. The lowest BCUT2D eigenvalue weighted by atomic mass is 10.2. The second-order valence-electron chi connectivity index (χ2n) is 3.80. The average molecular weight is 204 g/mol. The summed E-state index contributed by atoms with van der Waals surface area (Å²) in [4.78, 5) is 0. The van der Waals surface area contributed by atoms with E-state index in [1.54, 1.807) is 7.11 Å². The Bertz CT molecular complexity index is 474. The van der Waals surface area contributed by atoms with Crippen molar-refractivity contribution in [1.82, 2.24) is 9.61 Å². The molecule has 0 bridgehead atoms. The molecule has 0 aromatic carbocycles. The number of aryl methyl sites for hydroxylation is 2. The Labute approximate surface area is 89.7 Å². The second-order valence-corrected chi connectivity index (χ2v) is 3.80. The molecule has 0 N–H and O–H groups in total. The number of fused-ring (bicyclic) bond motifs is 1. The van der Waals surface area contributed by atoms with Crippen molar-refractivity contribution in [3.8, 4) is 5.88 Å². The molecule has 2 rings (SSSR count). The van der Waals surface area contributed by atoms with Gasteiger partial charge < -0.3 is 4.74 Å². The largest absolute Gasteiger partial charge is 0.481 e. The summed E-state index contributed by atoms with van der Waals surface area (Å²) in [6.45, 7) is 4.22. The summed E-state index contributed by atoms with van der Waals surface area (Å²) in [7, 11) is 1.68. The highest BCUT2D eigenvalue weighted by Gasteiger charge is 2.06. The molecule has 0 radical (unpaired) electrons. The number of pyridine rings is 1. The van der Waals surface area contributed by atoms with Crippen LogP contribution in [0.3, 0.4) is 0 Å². The van der Waals surface area contributed by atoms with Crippen LogP contribution in [0.15, 0.2) is 18.2 Å². The fraction of sp³-hybridized carbons (Fsp3) is 0.417. The summed E-state index contributed by atoms with van der Waals surface area (Å²) < 4.78 is 7.16. The van der Waals surface area contributed by atoms with E-state index >= 15 is 0 Å². The molecule has 2 aromatic heterocycles. The Morgan fingerprint density at radius 1 is 1.33 bits per heavy atom. The van der Waals surface area contributed by atoms with Gasteiger partial charge in [0.1, 0.15) is 0 Å². The van der Waals surface area contributed by atoms with Gasteiger partial charge in [0.25, 0.3) is 0 Å². The topological polar surface area (TPSA) is 26.5 Å². The molecule has 0 aliphatic heterocycles. The summed E-state index contributed by atoms with van der Waals surface area (Å²) >= 11 is 0. The van der Waals surface area contributed by atoms with Gasteiger partial charge >= 0.3 is 0 Å². The van der Waals surface area contributed by atoms with Crippen molar-refractivity contribution < 1.29 is 4.74 Å². The van der Waals surface area contributed by atoms with E-state index < -0.39 is 0 Å². The monoisotopic (exact) mass is 204 g/mol. The Kier molecular flexibility index (Phi) is 2.62. The molecular weight excluding hydrogens is 188 g/mol. The first kappa shape index (κ1) is 10.0. The maximum Gasteiger partial charge on any atom is 0.214 e. The van der Waals surface area contributed by atoms with E-state index in [9.17, 15) is 0 Å². The fourth-order valence-corrected chi connectivity index (χ4v) is 1.78. The predicted octanol–water partition coefficient (Wildman–Crippen LogP) is 2.60. The zero-order chi connectivity index (χ0) is 10.8. The number of nitrogens with zero attached hydrogens (tertiary/aromatic N) is 2. The third-order valence-corrected chi connectivity index (χ3v) is 2.44. The Hall–Kier alpha value is -1.51. The summed E-state index contributed by atoms with van der Waals surface area (Å²) in [5, 5.41) is 4.51. The van der Waals surface area contributed by atoms with Crippen LogP contribution in [0.25, 0.3) is 5.52 Å². The first-order valence-corrected chi connectivity index (χ1v) is 5.28. The predicted molar refractivity (Wildman–Crippen MR) is 60.5 cm³/mol. The number of ether oxygens (including phenoxy) is 1. The maximum absolute atomic E-state index is 5.30. The van der Waals surface area contributed by atoms with Gasteiger partial charge in [0.05, 0.1) is 18.3 Å². The van der Waals surface area contributed by atoms with Gasteiger partial charge in [0.2, 0.25) is 5.88 Å². The van der Waals surface area contributed by atoms with Crippen LogP contribution >= 0.6 is 0 Å². The zero-order valence-electron chi connectivity index (χ0n) is 9.45. The molecule has 0 saturated carbocycles. The van der Waals surface area contributed by atoms with E-state index in [1.165, 1.54) is 5.56 Å².